The molecule has 4 aromatic carbocycles. The van der Waals surface area contributed by atoms with Gasteiger partial charge in [-0.3, -0.25) is 4.79 Å². The number of carbonyl (C=O) groups excluding carboxylic acids is 2. The highest BCUT2D eigenvalue weighted by Gasteiger charge is 2.74. The minimum atomic E-state index is -1.19. The standard InChI is InChI=1S/C49H53NO5/c1-4-28-50(44(53)55-37-19-18-33-12-8-9-15-35(33)29-37)32-48(54)25-22-42-46(48,3)24-21-41-45(2)23-20-36(51)30-47(45)26-27-49(41,42)40(31-47)43(52)39-17-11-10-16-38(39)34-13-6-5-7-14-34/h5-19,26-27,29,31,36,41-42,51,54H,4,20-25,28,30,32H2,1-3H3/t36?,41-,42-,45-,46+,47+,48-,49-/m1/s1. The highest BCUT2D eigenvalue weighted by molar-refractivity contribution is 6.14. The van der Waals surface area contributed by atoms with Gasteiger partial charge in [0.2, 0.25) is 0 Å². The third-order valence-electron chi connectivity index (χ3n) is 15.3. The lowest BCUT2D eigenvalue weighted by molar-refractivity contribution is -0.175. The lowest BCUT2D eigenvalue weighted by atomic mass is 9.32. The molecule has 0 heterocycles. The summed E-state index contributed by atoms with van der Waals surface area (Å²) in [5.74, 6) is 0.678. The number of Topliss-reactive ketones (excluding diaryl/α,β-unsaturated/α-hetero) is 1. The molecule has 2 bridgehead atoms. The summed E-state index contributed by atoms with van der Waals surface area (Å²) in [4.78, 5) is 31.1. The zero-order valence-electron chi connectivity index (χ0n) is 32.3. The van der Waals surface area contributed by atoms with Crippen molar-refractivity contribution in [3.8, 4) is 16.9 Å². The van der Waals surface area contributed by atoms with Crippen LogP contribution in [0.25, 0.3) is 21.9 Å². The molecular formula is C49H53NO5. The summed E-state index contributed by atoms with van der Waals surface area (Å²) in [6, 6.07) is 31.8. The van der Waals surface area contributed by atoms with Crippen LogP contribution in [0.1, 0.15) is 82.5 Å². The number of ether oxygens (including phenoxy) is 1. The van der Waals surface area contributed by atoms with Gasteiger partial charge in [0.15, 0.2) is 5.78 Å². The van der Waals surface area contributed by atoms with E-state index >= 15 is 4.79 Å². The van der Waals surface area contributed by atoms with Gasteiger partial charge in [0.1, 0.15) is 5.75 Å². The average molecular weight is 736 g/mol. The first-order valence-electron chi connectivity index (χ1n) is 20.5. The lowest BCUT2D eigenvalue weighted by Crippen LogP contribution is -2.67. The van der Waals surface area contributed by atoms with Crippen LogP contribution in [0.15, 0.2) is 121 Å². The molecule has 4 aromatic rings. The van der Waals surface area contributed by atoms with Crippen molar-refractivity contribution in [3.63, 3.8) is 0 Å². The molecule has 2 N–H and O–H groups in total. The molecule has 284 valence electrons. The molecule has 0 aliphatic heterocycles. The highest BCUT2D eigenvalue weighted by atomic mass is 16.6. The molecule has 6 aliphatic rings. The van der Waals surface area contributed by atoms with Crippen LogP contribution in [-0.2, 0) is 0 Å². The lowest BCUT2D eigenvalue weighted by Gasteiger charge is -2.71. The second-order valence-corrected chi connectivity index (χ2v) is 17.8. The molecule has 8 atom stereocenters. The zero-order chi connectivity index (χ0) is 38.2. The number of ketones is 1. The molecule has 10 rings (SSSR count). The zero-order valence-corrected chi connectivity index (χ0v) is 32.3. The SMILES string of the molecule is CCCN(C[C@]1(O)CC[C@H]2[C@]34C=C[C@@]5(C=C3C(=O)c3ccccc3-c3ccccc3)CC(O)CC[C@]5(C)[C@H]4CC[C@@]21C)C(=O)Oc1ccc2ccccc2c1. The number of rotatable bonds is 8. The van der Waals surface area contributed by atoms with E-state index in [-0.39, 0.29) is 29.6 Å². The van der Waals surface area contributed by atoms with Crippen LogP contribution in [0, 0.1) is 33.5 Å². The van der Waals surface area contributed by atoms with E-state index in [4.69, 9.17) is 4.74 Å². The Kier molecular flexibility index (Phi) is 8.56. The maximum atomic E-state index is 15.5. The summed E-state index contributed by atoms with van der Waals surface area (Å²) >= 11 is 0. The number of fused-ring (bicyclic) bond motifs is 2. The van der Waals surface area contributed by atoms with Crippen molar-refractivity contribution in [2.75, 3.05) is 13.1 Å². The average Bonchev–Trinajstić information content (AvgIpc) is 3.47. The fourth-order valence-electron chi connectivity index (χ4n) is 12.5. The summed E-state index contributed by atoms with van der Waals surface area (Å²) in [6.45, 7) is 7.31. The van der Waals surface area contributed by atoms with Crippen molar-refractivity contribution in [2.24, 2.45) is 33.5 Å². The summed E-state index contributed by atoms with van der Waals surface area (Å²) in [7, 11) is 0. The van der Waals surface area contributed by atoms with Crippen LogP contribution in [0.4, 0.5) is 4.79 Å². The van der Waals surface area contributed by atoms with Gasteiger partial charge in [-0.2, -0.15) is 0 Å². The molecule has 0 radical (unpaired) electrons. The topological polar surface area (TPSA) is 87.1 Å². The Balaban J connectivity index is 1.10. The predicted molar refractivity (Wildman–Crippen MR) is 217 cm³/mol. The number of aliphatic hydroxyl groups is 2. The van der Waals surface area contributed by atoms with Gasteiger partial charge in [-0.05, 0) is 103 Å². The van der Waals surface area contributed by atoms with Crippen molar-refractivity contribution < 1.29 is 24.5 Å². The maximum absolute atomic E-state index is 15.5. The van der Waals surface area contributed by atoms with Crippen molar-refractivity contribution in [1.82, 2.24) is 4.90 Å². The molecule has 6 aliphatic carbocycles. The number of amides is 1. The number of carbonyl (C=O) groups is 2. The molecule has 55 heavy (non-hydrogen) atoms. The quantitative estimate of drug-likeness (QED) is 0.139. The smallest absolute Gasteiger partial charge is 0.410 e. The number of nitrogens with zero attached hydrogens (tertiary/aromatic N) is 1. The largest absolute Gasteiger partial charge is 0.415 e. The van der Waals surface area contributed by atoms with Gasteiger partial charge in [-0.15, -0.1) is 0 Å². The van der Waals surface area contributed by atoms with Gasteiger partial charge in [0, 0.05) is 33.9 Å². The Morgan fingerprint density at radius 1 is 0.800 bits per heavy atom. The third-order valence-corrected chi connectivity index (χ3v) is 15.3. The molecule has 2 spiro atoms. The summed E-state index contributed by atoms with van der Waals surface area (Å²) in [6.07, 6.45) is 12.0. The van der Waals surface area contributed by atoms with Gasteiger partial charge in [0.25, 0.3) is 0 Å². The van der Waals surface area contributed by atoms with Gasteiger partial charge < -0.3 is 19.8 Å². The van der Waals surface area contributed by atoms with Gasteiger partial charge >= 0.3 is 6.09 Å². The predicted octanol–water partition coefficient (Wildman–Crippen LogP) is 10.2. The van der Waals surface area contributed by atoms with E-state index in [0.29, 0.717) is 30.7 Å². The van der Waals surface area contributed by atoms with Crippen LogP contribution in [0.5, 0.6) is 5.75 Å². The first kappa shape index (κ1) is 36.1. The fourth-order valence-corrected chi connectivity index (χ4v) is 12.5. The van der Waals surface area contributed by atoms with Gasteiger partial charge in [-0.1, -0.05) is 124 Å². The summed E-state index contributed by atoms with van der Waals surface area (Å²) in [5, 5.41) is 26.3. The van der Waals surface area contributed by atoms with Crippen molar-refractivity contribution in [1.29, 1.82) is 0 Å². The van der Waals surface area contributed by atoms with Crippen LogP contribution in [0.3, 0.4) is 0 Å². The Morgan fingerprint density at radius 2 is 1.49 bits per heavy atom. The second kappa shape index (κ2) is 13.0. The molecule has 6 heteroatoms. The van der Waals surface area contributed by atoms with Crippen molar-refractivity contribution in [2.45, 2.75) is 83.8 Å². The summed E-state index contributed by atoms with van der Waals surface area (Å²) < 4.78 is 6.01. The summed E-state index contributed by atoms with van der Waals surface area (Å²) in [5.41, 5.74) is 0.518. The number of benzene rings is 4. The second-order valence-electron chi connectivity index (χ2n) is 17.8. The van der Waals surface area contributed by atoms with Gasteiger partial charge in [0.05, 0.1) is 18.2 Å². The highest BCUT2D eigenvalue weighted by Crippen LogP contribution is 2.78. The number of allylic oxidation sites excluding steroid dienone is 4. The Labute approximate surface area is 324 Å². The molecular weight excluding hydrogens is 683 g/mol. The van der Waals surface area contributed by atoms with Crippen LogP contribution in [0.2, 0.25) is 0 Å². The molecule has 1 amide bonds. The molecule has 3 fully saturated rings. The first-order valence-corrected chi connectivity index (χ1v) is 20.5. The normalized spacial score (nSPS) is 34.3. The molecule has 3 saturated carbocycles. The third kappa shape index (κ3) is 5.27. The molecule has 6 nitrogen and oxygen atoms in total. The molecule has 0 saturated heterocycles. The van der Waals surface area contributed by atoms with E-state index in [1.807, 2.05) is 91.9 Å². The van der Waals surface area contributed by atoms with E-state index in [1.54, 1.807) is 4.90 Å². The van der Waals surface area contributed by atoms with E-state index in [2.05, 4.69) is 44.2 Å². The van der Waals surface area contributed by atoms with E-state index < -0.39 is 34.0 Å². The van der Waals surface area contributed by atoms with Crippen LogP contribution in [-0.4, -0.2) is 51.8 Å². The minimum Gasteiger partial charge on any atom is -0.410 e. The fraction of sp³-hybridized carbons (Fsp3) is 0.429. The Morgan fingerprint density at radius 3 is 2.29 bits per heavy atom. The monoisotopic (exact) mass is 735 g/mol. The Bertz CT molecular complexity index is 2230. The maximum Gasteiger partial charge on any atom is 0.415 e. The number of hydrogen-bond donors (Lipinski definition) is 2. The van der Waals surface area contributed by atoms with Crippen molar-refractivity contribution in [3.05, 3.63) is 126 Å². The van der Waals surface area contributed by atoms with E-state index in [0.717, 1.165) is 66.0 Å². The van der Waals surface area contributed by atoms with E-state index in [1.165, 1.54) is 0 Å². The number of hydrogen-bond acceptors (Lipinski definition) is 5. The molecule has 1 unspecified atom stereocenters. The molecule has 0 aromatic heterocycles. The minimum absolute atomic E-state index is 0.0268. The van der Waals surface area contributed by atoms with E-state index in [9.17, 15) is 15.0 Å². The Hall–Kier alpha value is -4.52. The van der Waals surface area contributed by atoms with Crippen LogP contribution < -0.4 is 4.74 Å². The van der Waals surface area contributed by atoms with Crippen molar-refractivity contribution >= 4 is 22.6 Å². The first-order chi connectivity index (χ1) is 26.5. The van der Waals surface area contributed by atoms with Crippen LogP contribution >= 0.6 is 0 Å². The number of aliphatic hydroxyl groups excluding tert-OH is 1. The van der Waals surface area contributed by atoms with Gasteiger partial charge in [-0.25, -0.2) is 4.79 Å².